The van der Waals surface area contributed by atoms with Gasteiger partial charge in [-0.15, -0.1) is 0 Å². The van der Waals surface area contributed by atoms with E-state index < -0.39 is 0 Å². The third kappa shape index (κ3) is 2.56. The molecule has 0 amide bonds. The van der Waals surface area contributed by atoms with Gasteiger partial charge in [-0.25, -0.2) is 0 Å². The zero-order chi connectivity index (χ0) is 12.6. The third-order valence-electron chi connectivity index (χ3n) is 3.57. The summed E-state index contributed by atoms with van der Waals surface area (Å²) in [5.41, 5.74) is 8.40. The van der Waals surface area contributed by atoms with Crippen molar-refractivity contribution in [3.63, 3.8) is 0 Å². The lowest BCUT2D eigenvalue weighted by atomic mass is 10.1. The third-order valence-corrected chi connectivity index (χ3v) is 4.60. The summed E-state index contributed by atoms with van der Waals surface area (Å²) in [5, 5.41) is 4.52. The average molecular weight is 301 g/mol. The van der Waals surface area contributed by atoms with Crippen LogP contribution in [0.3, 0.4) is 0 Å². The maximum atomic E-state index is 6.06. The Kier molecular flexibility index (Phi) is 3.90. The standard InChI is InChI=1S/C12H21BrN4/c1-4-17-11(12(13)9(3)15-17)7-16-5-8(2)10(14)6-16/h8,10H,4-7,14H2,1-3H3. The van der Waals surface area contributed by atoms with Crippen LogP contribution in [-0.4, -0.2) is 33.8 Å². The molecule has 2 N–H and O–H groups in total. The topological polar surface area (TPSA) is 47.1 Å². The summed E-state index contributed by atoms with van der Waals surface area (Å²) in [7, 11) is 0. The summed E-state index contributed by atoms with van der Waals surface area (Å²) in [6.45, 7) is 10.3. The summed E-state index contributed by atoms with van der Waals surface area (Å²) in [6.07, 6.45) is 0. The summed E-state index contributed by atoms with van der Waals surface area (Å²) in [6, 6.07) is 0.313. The molecule has 4 nitrogen and oxygen atoms in total. The van der Waals surface area contributed by atoms with E-state index in [2.05, 4.69) is 44.5 Å². The number of hydrogen-bond acceptors (Lipinski definition) is 3. The Morgan fingerprint density at radius 1 is 1.47 bits per heavy atom. The molecule has 1 aromatic rings. The van der Waals surface area contributed by atoms with Crippen LogP contribution in [0.15, 0.2) is 4.47 Å². The lowest BCUT2D eigenvalue weighted by Crippen LogP contribution is -2.28. The van der Waals surface area contributed by atoms with Gasteiger partial charge in [-0.2, -0.15) is 5.10 Å². The van der Waals surface area contributed by atoms with Gasteiger partial charge in [0.1, 0.15) is 0 Å². The number of aryl methyl sites for hydroxylation is 2. The molecule has 1 aliphatic heterocycles. The Labute approximate surface area is 111 Å². The van der Waals surface area contributed by atoms with E-state index in [1.54, 1.807) is 0 Å². The molecule has 1 saturated heterocycles. The number of aromatic nitrogens is 2. The Bertz CT molecular complexity index is 391. The lowest BCUT2D eigenvalue weighted by Gasteiger charge is -2.16. The Hall–Kier alpha value is -0.390. The highest BCUT2D eigenvalue weighted by atomic mass is 79.9. The summed E-state index contributed by atoms with van der Waals surface area (Å²) < 4.78 is 3.22. The lowest BCUT2D eigenvalue weighted by molar-refractivity contribution is 0.306. The van der Waals surface area contributed by atoms with E-state index in [1.165, 1.54) is 5.69 Å². The quantitative estimate of drug-likeness (QED) is 0.925. The van der Waals surface area contributed by atoms with Gasteiger partial charge in [0.2, 0.25) is 0 Å². The van der Waals surface area contributed by atoms with Crippen molar-refractivity contribution < 1.29 is 0 Å². The van der Waals surface area contributed by atoms with Crippen LogP contribution in [0.25, 0.3) is 0 Å². The molecule has 2 rings (SSSR count). The molecular weight excluding hydrogens is 280 g/mol. The molecule has 2 unspecified atom stereocenters. The van der Waals surface area contributed by atoms with E-state index in [1.807, 2.05) is 6.92 Å². The first-order chi connectivity index (χ1) is 8.02. The fraction of sp³-hybridized carbons (Fsp3) is 0.750. The van der Waals surface area contributed by atoms with E-state index in [0.717, 1.165) is 36.3 Å². The van der Waals surface area contributed by atoms with E-state index >= 15 is 0 Å². The van der Waals surface area contributed by atoms with Crippen molar-refractivity contribution in [3.8, 4) is 0 Å². The number of nitrogens with two attached hydrogens (primary N) is 1. The maximum absolute atomic E-state index is 6.06. The molecular formula is C12H21BrN4. The molecule has 0 radical (unpaired) electrons. The van der Waals surface area contributed by atoms with Crippen molar-refractivity contribution in [2.24, 2.45) is 11.7 Å². The number of halogens is 1. The first kappa shape index (κ1) is 13.1. The van der Waals surface area contributed by atoms with Crippen LogP contribution in [-0.2, 0) is 13.1 Å². The Balaban J connectivity index is 2.13. The van der Waals surface area contributed by atoms with Crippen molar-refractivity contribution in [3.05, 3.63) is 15.9 Å². The minimum atomic E-state index is 0.313. The van der Waals surface area contributed by atoms with Crippen LogP contribution in [0, 0.1) is 12.8 Å². The Morgan fingerprint density at radius 3 is 2.71 bits per heavy atom. The second kappa shape index (κ2) is 5.08. The molecule has 0 aliphatic carbocycles. The van der Waals surface area contributed by atoms with Gasteiger partial charge in [0.05, 0.1) is 15.9 Å². The minimum Gasteiger partial charge on any atom is -0.326 e. The van der Waals surface area contributed by atoms with Gasteiger partial charge in [-0.3, -0.25) is 9.58 Å². The number of likely N-dealkylation sites (tertiary alicyclic amines) is 1. The van der Waals surface area contributed by atoms with Crippen LogP contribution in [0.2, 0.25) is 0 Å². The van der Waals surface area contributed by atoms with Crippen molar-refractivity contribution >= 4 is 15.9 Å². The molecule has 96 valence electrons. The Morgan fingerprint density at radius 2 is 2.18 bits per heavy atom. The van der Waals surface area contributed by atoms with Gasteiger partial charge in [-0.05, 0) is 35.7 Å². The van der Waals surface area contributed by atoms with Crippen LogP contribution >= 0.6 is 15.9 Å². The largest absolute Gasteiger partial charge is 0.326 e. The van der Waals surface area contributed by atoms with Crippen LogP contribution in [0.4, 0.5) is 0 Å². The zero-order valence-electron chi connectivity index (χ0n) is 10.8. The summed E-state index contributed by atoms with van der Waals surface area (Å²) in [4.78, 5) is 2.42. The molecule has 1 fully saturated rings. The first-order valence-electron chi connectivity index (χ1n) is 6.22. The maximum Gasteiger partial charge on any atom is 0.0739 e. The van der Waals surface area contributed by atoms with E-state index in [-0.39, 0.29) is 0 Å². The average Bonchev–Trinajstić information content (AvgIpc) is 2.74. The molecule has 2 atom stereocenters. The van der Waals surface area contributed by atoms with Gasteiger partial charge in [0.25, 0.3) is 0 Å². The van der Waals surface area contributed by atoms with Crippen molar-refractivity contribution in [2.45, 2.75) is 39.9 Å². The number of hydrogen-bond donors (Lipinski definition) is 1. The fourth-order valence-corrected chi connectivity index (χ4v) is 2.87. The molecule has 0 spiro atoms. The smallest absolute Gasteiger partial charge is 0.0739 e. The normalized spacial score (nSPS) is 25.7. The number of nitrogens with zero attached hydrogens (tertiary/aromatic N) is 3. The van der Waals surface area contributed by atoms with E-state index in [9.17, 15) is 0 Å². The second-order valence-corrected chi connectivity index (χ2v) is 5.79. The van der Waals surface area contributed by atoms with Crippen molar-refractivity contribution in [1.82, 2.24) is 14.7 Å². The van der Waals surface area contributed by atoms with Gasteiger partial charge in [0, 0.05) is 32.2 Å². The number of rotatable bonds is 3. The van der Waals surface area contributed by atoms with Crippen molar-refractivity contribution in [2.75, 3.05) is 13.1 Å². The van der Waals surface area contributed by atoms with Crippen LogP contribution < -0.4 is 5.73 Å². The first-order valence-corrected chi connectivity index (χ1v) is 7.02. The highest BCUT2D eigenvalue weighted by Crippen LogP contribution is 2.25. The zero-order valence-corrected chi connectivity index (χ0v) is 12.4. The van der Waals surface area contributed by atoms with Crippen LogP contribution in [0.5, 0.6) is 0 Å². The van der Waals surface area contributed by atoms with Crippen molar-refractivity contribution in [1.29, 1.82) is 0 Å². The predicted molar refractivity (Wildman–Crippen MR) is 72.8 cm³/mol. The predicted octanol–water partition coefficient (Wildman–Crippen LogP) is 1.75. The highest BCUT2D eigenvalue weighted by molar-refractivity contribution is 9.10. The second-order valence-electron chi connectivity index (χ2n) is 5.00. The molecule has 17 heavy (non-hydrogen) atoms. The summed E-state index contributed by atoms with van der Waals surface area (Å²) >= 11 is 3.64. The summed E-state index contributed by atoms with van der Waals surface area (Å²) in [5.74, 6) is 0.591. The van der Waals surface area contributed by atoms with Crippen LogP contribution in [0.1, 0.15) is 25.2 Å². The molecule has 5 heteroatoms. The molecule has 0 saturated carbocycles. The van der Waals surface area contributed by atoms with Gasteiger partial charge in [-0.1, -0.05) is 6.92 Å². The molecule has 0 bridgehead atoms. The molecule has 1 aliphatic rings. The molecule has 1 aromatic heterocycles. The fourth-order valence-electron chi connectivity index (χ4n) is 2.46. The molecule has 2 heterocycles. The SMILES string of the molecule is CCn1nc(C)c(Br)c1CN1CC(C)C(N)C1. The minimum absolute atomic E-state index is 0.313. The van der Waals surface area contributed by atoms with Gasteiger partial charge in [0.15, 0.2) is 0 Å². The van der Waals surface area contributed by atoms with Gasteiger partial charge >= 0.3 is 0 Å². The van der Waals surface area contributed by atoms with E-state index in [0.29, 0.717) is 12.0 Å². The molecule has 0 aromatic carbocycles. The van der Waals surface area contributed by atoms with E-state index in [4.69, 9.17) is 5.73 Å². The van der Waals surface area contributed by atoms with Gasteiger partial charge < -0.3 is 5.73 Å². The highest BCUT2D eigenvalue weighted by Gasteiger charge is 2.27. The monoisotopic (exact) mass is 300 g/mol.